The molecule has 0 bridgehead atoms. The van der Waals surface area contributed by atoms with Gasteiger partial charge in [0.25, 0.3) is 0 Å². The average molecular weight is 288 g/mol. The zero-order valence-electron chi connectivity index (χ0n) is 11.1. The summed E-state index contributed by atoms with van der Waals surface area (Å²) in [4.78, 5) is 10.6. The van der Waals surface area contributed by atoms with E-state index in [1.165, 1.54) is 17.4 Å². The molecule has 0 spiro atoms. The number of aromatic nitrogens is 2. The van der Waals surface area contributed by atoms with E-state index in [1.54, 1.807) is 6.07 Å². The van der Waals surface area contributed by atoms with Crippen LogP contribution in [0.2, 0.25) is 0 Å². The van der Waals surface area contributed by atoms with Crippen LogP contribution in [0.15, 0.2) is 24.3 Å². The predicted octanol–water partition coefficient (Wildman–Crippen LogP) is 3.40. The number of rotatable bonds is 2. The topological polar surface area (TPSA) is 63.8 Å². The van der Waals surface area contributed by atoms with Gasteiger partial charge in [0.05, 0.1) is 10.9 Å². The fraction of sp³-hybridized carbons (Fsp3) is 0.143. The van der Waals surface area contributed by atoms with Crippen LogP contribution in [0.5, 0.6) is 0 Å². The van der Waals surface area contributed by atoms with Crippen molar-refractivity contribution in [3.63, 3.8) is 0 Å². The number of hydrazine groups is 1. The van der Waals surface area contributed by atoms with Gasteiger partial charge in [0.1, 0.15) is 10.6 Å². The third-order valence-corrected chi connectivity index (χ3v) is 3.96. The quantitative estimate of drug-likeness (QED) is 0.560. The van der Waals surface area contributed by atoms with Crippen molar-refractivity contribution in [3.05, 3.63) is 40.5 Å². The molecule has 2 heterocycles. The van der Waals surface area contributed by atoms with E-state index in [-0.39, 0.29) is 5.82 Å². The molecular formula is C14H13FN4S. The Morgan fingerprint density at radius 3 is 2.70 bits per heavy atom. The van der Waals surface area contributed by atoms with Crippen molar-refractivity contribution in [1.29, 1.82) is 0 Å². The Balaban J connectivity index is 2.25. The summed E-state index contributed by atoms with van der Waals surface area (Å²) in [5, 5.41) is 0.853. The van der Waals surface area contributed by atoms with E-state index in [0.717, 1.165) is 20.7 Å². The predicted molar refractivity (Wildman–Crippen MR) is 80.1 cm³/mol. The van der Waals surface area contributed by atoms with Crippen molar-refractivity contribution in [2.24, 2.45) is 5.84 Å². The molecule has 3 aromatic rings. The van der Waals surface area contributed by atoms with Gasteiger partial charge in [-0.05, 0) is 37.6 Å². The van der Waals surface area contributed by atoms with E-state index < -0.39 is 0 Å². The first-order chi connectivity index (χ1) is 9.58. The summed E-state index contributed by atoms with van der Waals surface area (Å²) >= 11 is 1.53. The number of hydrogen-bond donors (Lipinski definition) is 2. The molecular weight excluding hydrogens is 275 g/mol. The summed E-state index contributed by atoms with van der Waals surface area (Å²) in [5.41, 5.74) is 3.79. The van der Waals surface area contributed by atoms with E-state index in [1.807, 2.05) is 26.0 Å². The van der Waals surface area contributed by atoms with Crippen LogP contribution in [0.4, 0.5) is 10.2 Å². The standard InChI is InChI=1S/C14H13FN4S/c1-7-3-4-9(11(15)5-7)12-17-13(19-16)10-6-8(2)20-14(10)18-12/h3-6H,16H2,1-2H3,(H,17,18,19). The molecule has 20 heavy (non-hydrogen) atoms. The minimum atomic E-state index is -0.333. The minimum absolute atomic E-state index is 0.333. The first-order valence-electron chi connectivity index (χ1n) is 6.10. The van der Waals surface area contributed by atoms with Crippen molar-refractivity contribution >= 4 is 27.4 Å². The maximum atomic E-state index is 14.0. The van der Waals surface area contributed by atoms with E-state index in [9.17, 15) is 4.39 Å². The molecule has 0 aliphatic rings. The number of anilines is 1. The lowest BCUT2D eigenvalue weighted by Gasteiger charge is -2.06. The Morgan fingerprint density at radius 1 is 1.20 bits per heavy atom. The fourth-order valence-electron chi connectivity index (χ4n) is 2.07. The molecule has 102 valence electrons. The third kappa shape index (κ3) is 2.13. The van der Waals surface area contributed by atoms with E-state index in [4.69, 9.17) is 5.84 Å². The molecule has 0 amide bonds. The van der Waals surface area contributed by atoms with Crippen LogP contribution in [-0.2, 0) is 0 Å². The van der Waals surface area contributed by atoms with Crippen LogP contribution < -0.4 is 11.3 Å². The van der Waals surface area contributed by atoms with Gasteiger partial charge in [-0.1, -0.05) is 6.07 Å². The molecule has 1 aromatic carbocycles. The second kappa shape index (κ2) is 4.81. The van der Waals surface area contributed by atoms with Crippen LogP contribution in [-0.4, -0.2) is 9.97 Å². The number of fused-ring (bicyclic) bond motifs is 1. The molecule has 0 aliphatic carbocycles. The molecule has 3 N–H and O–H groups in total. The smallest absolute Gasteiger partial charge is 0.166 e. The van der Waals surface area contributed by atoms with Gasteiger partial charge in [-0.2, -0.15) is 0 Å². The second-order valence-corrected chi connectivity index (χ2v) is 5.83. The van der Waals surface area contributed by atoms with Gasteiger partial charge in [0.15, 0.2) is 11.6 Å². The summed E-state index contributed by atoms with van der Waals surface area (Å²) in [6.45, 7) is 3.82. The second-order valence-electron chi connectivity index (χ2n) is 4.60. The highest BCUT2D eigenvalue weighted by Gasteiger charge is 2.14. The van der Waals surface area contributed by atoms with E-state index in [2.05, 4.69) is 15.4 Å². The fourth-order valence-corrected chi connectivity index (χ4v) is 2.95. The summed E-state index contributed by atoms with van der Waals surface area (Å²) < 4.78 is 14.0. The summed E-state index contributed by atoms with van der Waals surface area (Å²) in [6, 6.07) is 6.95. The number of aryl methyl sites for hydroxylation is 2. The largest absolute Gasteiger partial charge is 0.308 e. The van der Waals surface area contributed by atoms with Crippen LogP contribution >= 0.6 is 11.3 Å². The van der Waals surface area contributed by atoms with Gasteiger partial charge in [-0.3, -0.25) is 0 Å². The Labute approximate surface area is 119 Å². The average Bonchev–Trinajstić information content (AvgIpc) is 2.77. The van der Waals surface area contributed by atoms with Crippen molar-refractivity contribution in [2.45, 2.75) is 13.8 Å². The first kappa shape index (κ1) is 13.0. The molecule has 4 nitrogen and oxygen atoms in total. The van der Waals surface area contributed by atoms with E-state index in [0.29, 0.717) is 17.2 Å². The molecule has 0 saturated carbocycles. The van der Waals surface area contributed by atoms with Crippen LogP contribution in [0, 0.1) is 19.7 Å². The van der Waals surface area contributed by atoms with E-state index >= 15 is 0 Å². The van der Waals surface area contributed by atoms with Crippen molar-refractivity contribution < 1.29 is 4.39 Å². The summed E-state index contributed by atoms with van der Waals surface area (Å²) in [5.74, 6) is 6.02. The molecule has 0 aliphatic heterocycles. The number of thiophene rings is 1. The number of nitrogens with one attached hydrogen (secondary N) is 1. The zero-order valence-corrected chi connectivity index (χ0v) is 11.9. The Hall–Kier alpha value is -2.05. The molecule has 6 heteroatoms. The van der Waals surface area contributed by atoms with Crippen LogP contribution in [0.1, 0.15) is 10.4 Å². The van der Waals surface area contributed by atoms with Gasteiger partial charge < -0.3 is 5.43 Å². The molecule has 3 rings (SSSR count). The number of benzene rings is 1. The lowest BCUT2D eigenvalue weighted by atomic mass is 10.1. The summed E-state index contributed by atoms with van der Waals surface area (Å²) in [7, 11) is 0. The SMILES string of the molecule is Cc1ccc(-c2nc(NN)c3cc(C)sc3n2)c(F)c1. The lowest BCUT2D eigenvalue weighted by molar-refractivity contribution is 0.629. The minimum Gasteiger partial charge on any atom is -0.308 e. The Kier molecular flexibility index (Phi) is 3.11. The van der Waals surface area contributed by atoms with Gasteiger partial charge >= 0.3 is 0 Å². The molecule has 0 atom stereocenters. The highest BCUT2D eigenvalue weighted by Crippen LogP contribution is 2.31. The first-order valence-corrected chi connectivity index (χ1v) is 6.91. The molecule has 2 aromatic heterocycles. The Bertz CT molecular complexity index is 797. The number of nitrogens with two attached hydrogens (primary N) is 1. The maximum absolute atomic E-state index is 14.0. The number of nitrogens with zero attached hydrogens (tertiary/aromatic N) is 2. The number of nitrogen functional groups attached to an aromatic ring is 1. The maximum Gasteiger partial charge on any atom is 0.166 e. The lowest BCUT2D eigenvalue weighted by Crippen LogP contribution is -2.10. The van der Waals surface area contributed by atoms with Gasteiger partial charge in [0.2, 0.25) is 0 Å². The highest BCUT2D eigenvalue weighted by molar-refractivity contribution is 7.18. The van der Waals surface area contributed by atoms with Crippen LogP contribution in [0.25, 0.3) is 21.6 Å². The van der Waals surface area contributed by atoms with Gasteiger partial charge in [0, 0.05) is 4.88 Å². The normalized spacial score (nSPS) is 11.0. The van der Waals surface area contributed by atoms with Crippen molar-refractivity contribution in [3.8, 4) is 11.4 Å². The molecule has 0 radical (unpaired) electrons. The third-order valence-electron chi connectivity index (χ3n) is 3.02. The van der Waals surface area contributed by atoms with Gasteiger partial charge in [-0.25, -0.2) is 20.2 Å². The monoisotopic (exact) mass is 288 g/mol. The number of halogens is 1. The summed E-state index contributed by atoms with van der Waals surface area (Å²) in [6.07, 6.45) is 0. The number of hydrogen-bond acceptors (Lipinski definition) is 5. The highest BCUT2D eigenvalue weighted by atomic mass is 32.1. The van der Waals surface area contributed by atoms with Crippen molar-refractivity contribution in [2.75, 3.05) is 5.43 Å². The molecule has 0 unspecified atom stereocenters. The Morgan fingerprint density at radius 2 is 2.00 bits per heavy atom. The van der Waals surface area contributed by atoms with Crippen molar-refractivity contribution in [1.82, 2.24) is 9.97 Å². The molecule has 0 fully saturated rings. The van der Waals surface area contributed by atoms with Gasteiger partial charge in [-0.15, -0.1) is 11.3 Å². The zero-order chi connectivity index (χ0) is 14.3. The molecule has 0 saturated heterocycles. The van der Waals surface area contributed by atoms with Crippen LogP contribution in [0.3, 0.4) is 0 Å².